The predicted octanol–water partition coefficient (Wildman–Crippen LogP) is 4.28. The lowest BCUT2D eigenvalue weighted by atomic mass is 10.00. The largest absolute Gasteiger partial charge is 0.487 e. The average Bonchev–Trinajstić information content (AvgIpc) is 3.57. The summed E-state index contributed by atoms with van der Waals surface area (Å²) in [4.78, 5) is 17.9. The van der Waals surface area contributed by atoms with E-state index in [0.717, 1.165) is 58.0 Å². The molecule has 204 valence electrons. The Morgan fingerprint density at radius 2 is 1.85 bits per heavy atom. The van der Waals surface area contributed by atoms with Crippen LogP contribution in [0, 0.1) is 0 Å². The van der Waals surface area contributed by atoms with E-state index in [4.69, 9.17) is 15.6 Å². The zero-order valence-corrected chi connectivity index (χ0v) is 22.0. The summed E-state index contributed by atoms with van der Waals surface area (Å²) in [5.74, 6) is 0.127. The van der Waals surface area contributed by atoms with Gasteiger partial charge in [-0.3, -0.25) is 14.4 Å². The minimum atomic E-state index is -0.907. The molecule has 1 unspecified atom stereocenters. The number of carboxylic acid groups (broad SMARTS) is 1. The van der Waals surface area contributed by atoms with Crippen LogP contribution in [0.25, 0.3) is 32.8 Å². The predicted molar refractivity (Wildman–Crippen MR) is 154 cm³/mol. The molecule has 1 fully saturated rings. The summed E-state index contributed by atoms with van der Waals surface area (Å²) < 4.78 is 8.26. The Balaban J connectivity index is 1.39. The van der Waals surface area contributed by atoms with Gasteiger partial charge in [0.1, 0.15) is 23.9 Å². The minimum absolute atomic E-state index is 0.113. The number of aliphatic carboxylic acids is 1. The van der Waals surface area contributed by atoms with Crippen molar-refractivity contribution in [3.8, 4) is 16.9 Å². The molecule has 0 radical (unpaired) electrons. The quantitative estimate of drug-likeness (QED) is 0.254. The molecule has 0 spiro atoms. The highest BCUT2D eigenvalue weighted by atomic mass is 16.5. The van der Waals surface area contributed by atoms with E-state index in [1.807, 2.05) is 24.3 Å². The summed E-state index contributed by atoms with van der Waals surface area (Å²) in [5.41, 5.74) is 10.6. The maximum Gasteiger partial charge on any atom is 0.307 e. The fourth-order valence-electron chi connectivity index (χ4n) is 5.60. The van der Waals surface area contributed by atoms with Gasteiger partial charge in [-0.05, 0) is 53.3 Å². The number of likely N-dealkylation sites (tertiary alicyclic amines) is 1. The van der Waals surface area contributed by atoms with Crippen molar-refractivity contribution in [2.45, 2.75) is 25.5 Å². The second kappa shape index (κ2) is 11.0. The Labute approximate surface area is 231 Å². The Kier molecular flexibility index (Phi) is 7.06. The van der Waals surface area contributed by atoms with Gasteiger partial charge in [-0.25, -0.2) is 4.98 Å². The molecular weight excluding hydrogens is 506 g/mol. The standard InChI is InChI=1S/C31H31N5O4/c32-31-25-15-21(6-5-20(25)9-11-33-31)22-7-8-28-26(16-22)27(34-36(28)24-10-12-35(18-24)13-14-37)19-40-29-4-2-1-3-23(29)17-30(38)39/h1-9,11,15-16,24,37H,10,12-14,17-19H2,(H2,32,33)(H,38,39). The number of para-hydroxylation sites is 1. The molecule has 1 saturated heterocycles. The number of nitrogens with two attached hydrogens (primary N) is 1. The van der Waals surface area contributed by atoms with E-state index in [0.29, 0.717) is 23.7 Å². The van der Waals surface area contributed by atoms with Crippen molar-refractivity contribution >= 4 is 33.5 Å². The van der Waals surface area contributed by atoms with Crippen LogP contribution >= 0.6 is 0 Å². The van der Waals surface area contributed by atoms with Gasteiger partial charge in [-0.2, -0.15) is 5.10 Å². The lowest BCUT2D eigenvalue weighted by Crippen LogP contribution is -2.25. The van der Waals surface area contributed by atoms with Gasteiger partial charge in [0.2, 0.25) is 0 Å². The van der Waals surface area contributed by atoms with Crippen LogP contribution in [0.4, 0.5) is 5.82 Å². The average molecular weight is 538 g/mol. The van der Waals surface area contributed by atoms with Crippen LogP contribution in [0.5, 0.6) is 5.75 Å². The molecule has 2 aromatic heterocycles. The Morgan fingerprint density at radius 1 is 1.05 bits per heavy atom. The van der Waals surface area contributed by atoms with Crippen LogP contribution in [-0.4, -0.2) is 62.1 Å². The topological polar surface area (TPSA) is 127 Å². The number of hydrogen-bond donors (Lipinski definition) is 3. The number of aliphatic hydroxyl groups is 1. The first kappa shape index (κ1) is 25.8. The number of carbonyl (C=O) groups is 1. The zero-order valence-electron chi connectivity index (χ0n) is 22.0. The van der Waals surface area contributed by atoms with Crippen molar-refractivity contribution in [1.82, 2.24) is 19.7 Å². The van der Waals surface area contributed by atoms with E-state index in [9.17, 15) is 15.0 Å². The molecule has 0 amide bonds. The number of fused-ring (bicyclic) bond motifs is 2. The summed E-state index contributed by atoms with van der Waals surface area (Å²) in [7, 11) is 0. The molecule has 40 heavy (non-hydrogen) atoms. The SMILES string of the molecule is Nc1nccc2ccc(-c3ccc4c(c3)c(COc3ccccc3CC(=O)O)nn4C3CCN(CCO)C3)cc12. The summed E-state index contributed by atoms with van der Waals surface area (Å²) in [6.45, 7) is 2.71. The number of ether oxygens (including phenoxy) is 1. The van der Waals surface area contributed by atoms with E-state index in [1.54, 1.807) is 18.3 Å². The highest BCUT2D eigenvalue weighted by molar-refractivity contribution is 5.95. The third-order valence-electron chi connectivity index (χ3n) is 7.60. The van der Waals surface area contributed by atoms with E-state index in [2.05, 4.69) is 44.9 Å². The fourth-order valence-corrected chi connectivity index (χ4v) is 5.60. The van der Waals surface area contributed by atoms with Crippen LogP contribution < -0.4 is 10.5 Å². The van der Waals surface area contributed by atoms with Gasteiger partial charge in [-0.15, -0.1) is 0 Å². The van der Waals surface area contributed by atoms with Gasteiger partial charge in [0.05, 0.1) is 24.6 Å². The number of carboxylic acids is 1. The number of anilines is 1. The second-order valence-corrected chi connectivity index (χ2v) is 10.2. The number of aromatic nitrogens is 3. The third kappa shape index (κ3) is 5.09. The zero-order chi connectivity index (χ0) is 27.6. The van der Waals surface area contributed by atoms with Crippen molar-refractivity contribution in [3.63, 3.8) is 0 Å². The van der Waals surface area contributed by atoms with Crippen LogP contribution in [0.2, 0.25) is 0 Å². The van der Waals surface area contributed by atoms with E-state index in [1.165, 1.54) is 0 Å². The van der Waals surface area contributed by atoms with Crippen molar-refractivity contribution < 1.29 is 19.7 Å². The summed E-state index contributed by atoms with van der Waals surface area (Å²) in [6.07, 6.45) is 2.54. The highest BCUT2D eigenvalue weighted by Crippen LogP contribution is 2.33. The first-order valence-corrected chi connectivity index (χ1v) is 13.4. The molecule has 9 heteroatoms. The maximum absolute atomic E-state index is 11.4. The third-order valence-corrected chi connectivity index (χ3v) is 7.60. The molecule has 6 rings (SSSR count). The van der Waals surface area contributed by atoms with Crippen molar-refractivity contribution in [1.29, 1.82) is 0 Å². The van der Waals surface area contributed by atoms with Crippen LogP contribution in [0.1, 0.15) is 23.7 Å². The number of hydrogen-bond acceptors (Lipinski definition) is 7. The fraction of sp³-hybridized carbons (Fsp3) is 0.258. The first-order valence-electron chi connectivity index (χ1n) is 13.4. The maximum atomic E-state index is 11.4. The molecule has 3 heterocycles. The number of β-amino-alcohol motifs (C(OH)–C–C–N with tert-alkyl or cyclic N) is 1. The molecule has 1 aliphatic rings. The first-order chi connectivity index (χ1) is 19.5. The summed E-state index contributed by atoms with van der Waals surface area (Å²) in [6, 6.07) is 21.9. The number of rotatable bonds is 9. The van der Waals surface area contributed by atoms with E-state index >= 15 is 0 Å². The lowest BCUT2D eigenvalue weighted by Gasteiger charge is -2.15. The van der Waals surface area contributed by atoms with Gasteiger partial charge in [0.25, 0.3) is 0 Å². The number of nitrogen functional groups attached to an aromatic ring is 1. The number of aliphatic hydroxyl groups excluding tert-OH is 1. The smallest absolute Gasteiger partial charge is 0.307 e. The van der Waals surface area contributed by atoms with E-state index in [-0.39, 0.29) is 25.7 Å². The molecule has 9 nitrogen and oxygen atoms in total. The molecule has 0 aliphatic carbocycles. The van der Waals surface area contributed by atoms with Crippen molar-refractivity contribution in [2.75, 3.05) is 32.0 Å². The van der Waals surface area contributed by atoms with Gasteiger partial charge >= 0.3 is 5.97 Å². The van der Waals surface area contributed by atoms with Gasteiger partial charge in [0, 0.05) is 42.2 Å². The van der Waals surface area contributed by atoms with Crippen molar-refractivity contribution in [2.24, 2.45) is 0 Å². The Bertz CT molecular complexity index is 1700. The molecule has 0 saturated carbocycles. The number of pyridine rings is 1. The summed E-state index contributed by atoms with van der Waals surface area (Å²) in [5, 5.41) is 26.7. The minimum Gasteiger partial charge on any atom is -0.487 e. The van der Waals surface area contributed by atoms with Crippen molar-refractivity contribution in [3.05, 3.63) is 84.2 Å². The van der Waals surface area contributed by atoms with Crippen LogP contribution in [-0.2, 0) is 17.8 Å². The summed E-state index contributed by atoms with van der Waals surface area (Å²) >= 11 is 0. The van der Waals surface area contributed by atoms with Gasteiger partial charge in [0.15, 0.2) is 0 Å². The Hall–Kier alpha value is -4.47. The molecule has 1 atom stereocenters. The lowest BCUT2D eigenvalue weighted by molar-refractivity contribution is -0.136. The molecule has 3 aromatic carbocycles. The molecule has 1 aliphatic heterocycles. The van der Waals surface area contributed by atoms with E-state index < -0.39 is 5.97 Å². The van der Waals surface area contributed by atoms with Gasteiger partial charge in [-0.1, -0.05) is 36.4 Å². The van der Waals surface area contributed by atoms with Crippen LogP contribution in [0.15, 0.2) is 72.9 Å². The molecule has 5 aromatic rings. The molecular formula is C31H31N5O4. The normalized spacial score (nSPS) is 15.7. The van der Waals surface area contributed by atoms with Gasteiger partial charge < -0.3 is 20.7 Å². The Morgan fingerprint density at radius 3 is 2.67 bits per heavy atom. The van der Waals surface area contributed by atoms with Crippen LogP contribution in [0.3, 0.4) is 0 Å². The second-order valence-electron chi connectivity index (χ2n) is 10.2. The monoisotopic (exact) mass is 537 g/mol. The highest BCUT2D eigenvalue weighted by Gasteiger charge is 2.27. The molecule has 4 N–H and O–H groups in total. The molecule has 0 bridgehead atoms. The number of nitrogens with zero attached hydrogens (tertiary/aromatic N) is 4. The number of benzene rings is 3.